The van der Waals surface area contributed by atoms with Crippen molar-refractivity contribution in [3.8, 4) is 0 Å². The molecule has 0 aromatic carbocycles. The highest BCUT2D eigenvalue weighted by Crippen LogP contribution is 2.44. The summed E-state index contributed by atoms with van der Waals surface area (Å²) in [6.45, 7) is 17.5. The molecule has 0 aromatic heterocycles. The molecule has 0 aliphatic heterocycles. The molecule has 186 valence electrons. The quantitative estimate of drug-likeness (QED) is 0.437. The highest BCUT2D eigenvalue weighted by molar-refractivity contribution is 5.89. The molecular weight excluding hydrogens is 404 g/mol. The van der Waals surface area contributed by atoms with Gasteiger partial charge in [-0.25, -0.2) is 4.79 Å². The Labute approximate surface area is 203 Å². The second-order valence-electron chi connectivity index (χ2n) is 10.1. The van der Waals surface area contributed by atoms with Gasteiger partial charge in [-0.1, -0.05) is 48.0 Å². The van der Waals surface area contributed by atoms with Crippen molar-refractivity contribution in [2.45, 2.75) is 124 Å². The maximum Gasteiger partial charge on any atom is 0.334 e. The fraction of sp³-hybridized carbons (Fsp3) is 0.846. The molecule has 0 spiro atoms. The maximum absolute atomic E-state index is 13.2. The van der Waals surface area contributed by atoms with Crippen molar-refractivity contribution in [2.75, 3.05) is 7.05 Å². The number of rotatable bonds is 11. The average Bonchev–Trinajstić information content (AvgIpc) is 2.76. The van der Waals surface area contributed by atoms with E-state index < -0.39 is 70.5 Å². The van der Waals surface area contributed by atoms with E-state index in [1.807, 2.05) is 34.6 Å². The Kier molecular flexibility index (Phi) is 7.37. The second kappa shape index (κ2) is 11.1. The van der Waals surface area contributed by atoms with Crippen molar-refractivity contribution in [3.63, 3.8) is 0 Å². The van der Waals surface area contributed by atoms with Gasteiger partial charge in [0, 0.05) is 21.6 Å². The van der Waals surface area contributed by atoms with Gasteiger partial charge in [0.1, 0.15) is 6.08 Å². The molecule has 1 amide bonds. The summed E-state index contributed by atoms with van der Waals surface area (Å²) in [6.07, 6.45) is -4.19. The van der Waals surface area contributed by atoms with Crippen molar-refractivity contribution in [1.29, 1.82) is 0 Å². The van der Waals surface area contributed by atoms with E-state index >= 15 is 0 Å². The van der Waals surface area contributed by atoms with Gasteiger partial charge < -0.3 is 20.1 Å². The van der Waals surface area contributed by atoms with Crippen LogP contribution < -0.4 is 10.6 Å². The molecule has 32 heavy (non-hydrogen) atoms. The zero-order valence-electron chi connectivity index (χ0n) is 26.9. The van der Waals surface area contributed by atoms with Crippen LogP contribution in [0.4, 0.5) is 0 Å². The van der Waals surface area contributed by atoms with Crippen LogP contribution in [-0.2, 0) is 19.1 Å². The zero-order valence-corrected chi connectivity index (χ0v) is 21.9. The molecule has 0 heterocycles. The molecule has 0 aromatic rings. The number of amides is 1. The molecule has 1 unspecified atom stereocenters. The minimum absolute atomic E-state index is 0.485. The Hall–Kier alpha value is -1.40. The van der Waals surface area contributed by atoms with E-state index in [4.69, 9.17) is 13.6 Å². The lowest BCUT2D eigenvalue weighted by Crippen LogP contribution is -2.69. The Bertz CT molecular complexity index is 909. The largest absolute Gasteiger partial charge is 0.460 e. The van der Waals surface area contributed by atoms with E-state index in [0.717, 1.165) is 0 Å². The average molecular weight is 458 g/mol. The van der Waals surface area contributed by atoms with Gasteiger partial charge in [0.2, 0.25) is 5.91 Å². The molecule has 0 fully saturated rings. The molecule has 0 bridgehead atoms. The first-order chi connectivity index (χ1) is 16.6. The molecular formula is C26H48N2O4. The first-order valence-electron chi connectivity index (χ1n) is 14.2. The molecule has 0 saturated carbocycles. The van der Waals surface area contributed by atoms with E-state index in [-0.39, 0.29) is 0 Å². The van der Waals surface area contributed by atoms with Crippen LogP contribution in [0.5, 0.6) is 0 Å². The van der Waals surface area contributed by atoms with Crippen LogP contribution in [0.1, 0.15) is 102 Å². The van der Waals surface area contributed by atoms with Crippen LogP contribution in [0.15, 0.2) is 11.6 Å². The minimum Gasteiger partial charge on any atom is -0.460 e. The molecule has 1 aliphatic rings. The van der Waals surface area contributed by atoms with Crippen molar-refractivity contribution in [2.24, 2.45) is 11.3 Å². The van der Waals surface area contributed by atoms with Gasteiger partial charge in [-0.3, -0.25) is 4.79 Å². The Morgan fingerprint density at radius 3 is 2.34 bits per heavy atom. The number of likely N-dealkylation sites (N-methyl/N-ethyl adjacent to an activating group) is 1. The van der Waals surface area contributed by atoms with E-state index in [2.05, 4.69) is 10.6 Å². The van der Waals surface area contributed by atoms with Crippen molar-refractivity contribution in [1.82, 2.24) is 10.6 Å². The molecule has 0 radical (unpaired) electrons. The minimum atomic E-state index is -2.85. The highest BCUT2D eigenvalue weighted by Gasteiger charge is 2.51. The summed E-state index contributed by atoms with van der Waals surface area (Å²) in [4.78, 5) is 26.3. The number of hydrogen-bond donors (Lipinski definition) is 2. The van der Waals surface area contributed by atoms with E-state index in [1.54, 1.807) is 27.7 Å². The van der Waals surface area contributed by atoms with Gasteiger partial charge in [0.25, 0.3) is 0 Å². The Morgan fingerprint density at radius 1 is 1.31 bits per heavy atom. The smallest absolute Gasteiger partial charge is 0.334 e. The summed E-state index contributed by atoms with van der Waals surface area (Å²) in [5.74, 6) is -2.24. The third kappa shape index (κ3) is 6.34. The molecule has 0 saturated heterocycles. The van der Waals surface area contributed by atoms with E-state index in [9.17, 15) is 12.3 Å². The van der Waals surface area contributed by atoms with Crippen molar-refractivity contribution >= 4 is 11.9 Å². The predicted octanol–water partition coefficient (Wildman–Crippen LogP) is 4.77. The van der Waals surface area contributed by atoms with Gasteiger partial charge in [-0.2, -0.15) is 0 Å². The lowest BCUT2D eigenvalue weighted by atomic mass is 9.70. The predicted molar refractivity (Wildman–Crippen MR) is 130 cm³/mol. The molecule has 6 heteroatoms. The first kappa shape index (κ1) is 21.2. The van der Waals surface area contributed by atoms with Gasteiger partial charge in [-0.05, 0) is 65.4 Å². The summed E-state index contributed by atoms with van der Waals surface area (Å²) in [6, 6.07) is -3.28. The summed E-state index contributed by atoms with van der Waals surface area (Å²) in [5, 5.41) is 5.34. The van der Waals surface area contributed by atoms with Crippen LogP contribution >= 0.6 is 0 Å². The molecule has 1 rings (SSSR count). The SMILES string of the molecule is [2H]C1=C(C(=O)OC(C)C)C([2H])([2H])[C@]([2H])(NC)[C@@](C)(NC(=O)C(C)C)[C@]1([2H])OC(C)(CCC)C(C)(C)CC. The van der Waals surface area contributed by atoms with Crippen LogP contribution in [0, 0.1) is 11.3 Å². The first-order valence-corrected chi connectivity index (χ1v) is 11.7. The zero-order chi connectivity index (χ0) is 29.4. The highest BCUT2D eigenvalue weighted by atomic mass is 16.5. The third-order valence-corrected chi connectivity index (χ3v) is 6.51. The van der Waals surface area contributed by atoms with Crippen LogP contribution in [0.2, 0.25) is 0 Å². The number of esters is 1. The van der Waals surface area contributed by atoms with Crippen LogP contribution in [0.3, 0.4) is 0 Å². The van der Waals surface area contributed by atoms with E-state index in [0.29, 0.717) is 19.3 Å². The summed E-state index contributed by atoms with van der Waals surface area (Å²) in [7, 11) is 1.33. The number of ether oxygens (including phenoxy) is 2. The van der Waals surface area contributed by atoms with Crippen molar-refractivity contribution in [3.05, 3.63) is 11.6 Å². The summed E-state index contributed by atoms with van der Waals surface area (Å²) < 4.78 is 58.0. The second-order valence-corrected chi connectivity index (χ2v) is 10.1. The van der Waals surface area contributed by atoms with Crippen LogP contribution in [-0.4, -0.2) is 48.3 Å². The standard InChI is InChI=1S/C26H48N2O4/c1-12-14-25(9,24(7,8)13-2)32-21-16-19(23(30)31-18(5)6)15-20(27-11)26(21,10)28-22(29)17(3)4/h16-18,20-21,27H,12-15H2,1-11H3,(H,28,29)/t20-,21+,25?,26+/m0/s1/i15D2,16D,20D,21D. The Balaban J connectivity index is 4.25. The summed E-state index contributed by atoms with van der Waals surface area (Å²) >= 11 is 0. The van der Waals surface area contributed by atoms with Crippen LogP contribution in [0.25, 0.3) is 0 Å². The lowest BCUT2D eigenvalue weighted by Gasteiger charge is -2.52. The maximum atomic E-state index is 13.2. The molecule has 4 atom stereocenters. The van der Waals surface area contributed by atoms with Gasteiger partial charge in [-0.15, -0.1) is 0 Å². The Morgan fingerprint density at radius 2 is 1.91 bits per heavy atom. The van der Waals surface area contributed by atoms with Crippen molar-refractivity contribution < 1.29 is 25.9 Å². The normalized spacial score (nSPS) is 34.7. The molecule has 2 N–H and O–H groups in total. The number of carbonyl (C=O) groups excluding carboxylic acids is 2. The monoisotopic (exact) mass is 457 g/mol. The fourth-order valence-corrected chi connectivity index (χ4v) is 3.56. The number of carbonyl (C=O) groups is 2. The lowest BCUT2D eigenvalue weighted by molar-refractivity contribution is -0.169. The van der Waals surface area contributed by atoms with Gasteiger partial charge in [0.15, 0.2) is 0 Å². The number of hydrogen-bond acceptors (Lipinski definition) is 5. The third-order valence-electron chi connectivity index (χ3n) is 6.51. The fourth-order valence-electron chi connectivity index (χ4n) is 3.56. The van der Waals surface area contributed by atoms with Gasteiger partial charge in [0.05, 0.1) is 20.0 Å². The molecule has 1 aliphatic carbocycles. The molecule has 6 nitrogen and oxygen atoms in total. The summed E-state index contributed by atoms with van der Waals surface area (Å²) in [5.41, 5.74) is -4.48. The van der Waals surface area contributed by atoms with Gasteiger partial charge >= 0.3 is 5.97 Å². The van der Waals surface area contributed by atoms with E-state index in [1.165, 1.54) is 14.0 Å². The number of nitrogens with one attached hydrogen (secondary N) is 2. The topological polar surface area (TPSA) is 76.7 Å².